The summed E-state index contributed by atoms with van der Waals surface area (Å²) in [6.07, 6.45) is 8.17. The summed E-state index contributed by atoms with van der Waals surface area (Å²) in [5.74, 6) is 2.90. The first-order valence-corrected chi connectivity index (χ1v) is 8.39. The maximum absolute atomic E-state index is 4.54. The molecule has 3 aromatic rings. The van der Waals surface area contributed by atoms with Crippen molar-refractivity contribution in [1.82, 2.24) is 19.9 Å². The molecular formula is C18H17N7. The van der Waals surface area contributed by atoms with Gasteiger partial charge >= 0.3 is 0 Å². The third-order valence-corrected chi connectivity index (χ3v) is 4.44. The molecule has 7 nitrogen and oxygen atoms in total. The summed E-state index contributed by atoms with van der Waals surface area (Å²) < 4.78 is 0. The molecule has 1 saturated carbocycles. The molecule has 1 aliphatic heterocycles. The van der Waals surface area contributed by atoms with Gasteiger partial charge in [-0.15, -0.1) is 0 Å². The number of imidazole rings is 1. The van der Waals surface area contributed by atoms with Crippen molar-refractivity contribution in [1.29, 1.82) is 0 Å². The van der Waals surface area contributed by atoms with E-state index in [4.69, 9.17) is 0 Å². The van der Waals surface area contributed by atoms with Crippen LogP contribution in [0.25, 0.3) is 11.0 Å². The van der Waals surface area contributed by atoms with Crippen LogP contribution in [0.15, 0.2) is 53.4 Å². The fourth-order valence-corrected chi connectivity index (χ4v) is 2.98. The second kappa shape index (κ2) is 5.70. The van der Waals surface area contributed by atoms with Crippen LogP contribution in [0.1, 0.15) is 12.8 Å². The van der Waals surface area contributed by atoms with Gasteiger partial charge in [0.1, 0.15) is 11.7 Å². The third-order valence-electron chi connectivity index (χ3n) is 4.44. The number of amidine groups is 1. The molecule has 1 aliphatic carbocycles. The molecule has 2 aliphatic rings. The van der Waals surface area contributed by atoms with E-state index in [1.807, 2.05) is 24.3 Å². The van der Waals surface area contributed by atoms with Gasteiger partial charge in [0.05, 0.1) is 23.9 Å². The number of hydrogen-bond acceptors (Lipinski definition) is 6. The number of fused-ring (bicyclic) bond motifs is 1. The molecule has 0 unspecified atom stereocenters. The Kier molecular flexibility index (Phi) is 3.22. The number of nitrogens with zero attached hydrogens (tertiary/aromatic N) is 4. The average Bonchev–Trinajstić information content (AvgIpc) is 3.18. The first-order valence-electron chi connectivity index (χ1n) is 8.39. The highest BCUT2D eigenvalue weighted by Crippen LogP contribution is 2.37. The fourth-order valence-electron chi connectivity index (χ4n) is 2.98. The van der Waals surface area contributed by atoms with Gasteiger partial charge in [0.25, 0.3) is 0 Å². The lowest BCUT2D eigenvalue weighted by Gasteiger charge is -2.07. The van der Waals surface area contributed by atoms with Crippen molar-refractivity contribution in [2.24, 2.45) is 10.9 Å². The Morgan fingerprint density at radius 3 is 2.96 bits per heavy atom. The molecule has 0 radical (unpaired) electrons. The highest BCUT2D eigenvalue weighted by molar-refractivity contribution is 6.05. The van der Waals surface area contributed by atoms with Gasteiger partial charge in [-0.05, 0) is 54.7 Å². The fraction of sp³-hybridized carbons (Fsp3) is 0.222. The maximum atomic E-state index is 4.54. The van der Waals surface area contributed by atoms with E-state index in [0.29, 0.717) is 5.95 Å². The number of aliphatic imine (C=N–C) groups is 1. The van der Waals surface area contributed by atoms with Gasteiger partial charge in [0, 0.05) is 11.9 Å². The Hall–Kier alpha value is -3.22. The first-order chi connectivity index (χ1) is 12.3. The standard InChI is InChI=1S/C18H17N7/c1-2-11(1)12-7-17(20-9-12)24-16-5-6-19-18(25-16)23-13-3-4-14-15(8-13)22-10-21-14/h3-8,10-11H,1-2,9H2,(H,21,22)(H2,19,20,23,24,25). The summed E-state index contributed by atoms with van der Waals surface area (Å²) >= 11 is 0. The average molecular weight is 331 g/mol. The van der Waals surface area contributed by atoms with E-state index in [-0.39, 0.29) is 0 Å². The molecule has 0 atom stereocenters. The summed E-state index contributed by atoms with van der Waals surface area (Å²) in [7, 11) is 0. The maximum Gasteiger partial charge on any atom is 0.229 e. The molecule has 0 bridgehead atoms. The molecule has 0 amide bonds. The second-order valence-corrected chi connectivity index (χ2v) is 6.34. The van der Waals surface area contributed by atoms with Gasteiger partial charge < -0.3 is 15.6 Å². The van der Waals surface area contributed by atoms with Gasteiger partial charge in [-0.1, -0.05) is 0 Å². The summed E-state index contributed by atoms with van der Waals surface area (Å²) in [6.45, 7) is 0.813. The van der Waals surface area contributed by atoms with Crippen LogP contribution in [0, 0.1) is 5.92 Å². The molecule has 0 saturated heterocycles. The van der Waals surface area contributed by atoms with E-state index in [1.165, 1.54) is 18.4 Å². The van der Waals surface area contributed by atoms with E-state index in [9.17, 15) is 0 Å². The molecule has 1 fully saturated rings. The van der Waals surface area contributed by atoms with Crippen LogP contribution in [0.2, 0.25) is 0 Å². The Bertz CT molecular complexity index is 997. The van der Waals surface area contributed by atoms with Crippen molar-refractivity contribution in [3.8, 4) is 0 Å². The first kappa shape index (κ1) is 14.2. The van der Waals surface area contributed by atoms with Crippen LogP contribution in [-0.4, -0.2) is 32.3 Å². The normalized spacial score (nSPS) is 16.6. The Morgan fingerprint density at radius 2 is 2.04 bits per heavy atom. The molecule has 3 heterocycles. The predicted octanol–water partition coefficient (Wildman–Crippen LogP) is 3.26. The Labute approximate surface area is 144 Å². The van der Waals surface area contributed by atoms with Crippen molar-refractivity contribution >= 4 is 34.3 Å². The minimum atomic E-state index is 0.536. The number of nitrogens with one attached hydrogen (secondary N) is 3. The molecule has 1 aromatic carbocycles. The van der Waals surface area contributed by atoms with E-state index < -0.39 is 0 Å². The minimum absolute atomic E-state index is 0.536. The molecule has 5 rings (SSSR count). The highest BCUT2D eigenvalue weighted by atomic mass is 15.2. The largest absolute Gasteiger partial charge is 0.345 e. The second-order valence-electron chi connectivity index (χ2n) is 6.34. The molecular weight excluding hydrogens is 314 g/mol. The lowest BCUT2D eigenvalue weighted by molar-refractivity contribution is 0.959. The van der Waals surface area contributed by atoms with Gasteiger partial charge in [0.15, 0.2) is 0 Å². The van der Waals surface area contributed by atoms with Crippen LogP contribution >= 0.6 is 0 Å². The van der Waals surface area contributed by atoms with E-state index in [0.717, 1.165) is 40.8 Å². The number of H-pyrrole nitrogens is 1. The lowest BCUT2D eigenvalue weighted by atomic mass is 10.2. The number of hydrogen-bond donors (Lipinski definition) is 3. The molecule has 2 aromatic heterocycles. The lowest BCUT2D eigenvalue weighted by Crippen LogP contribution is -2.09. The quantitative estimate of drug-likeness (QED) is 0.682. The Morgan fingerprint density at radius 1 is 1.08 bits per heavy atom. The summed E-state index contributed by atoms with van der Waals surface area (Å²) in [4.78, 5) is 20.7. The van der Waals surface area contributed by atoms with Gasteiger partial charge in [0.2, 0.25) is 5.95 Å². The zero-order valence-corrected chi connectivity index (χ0v) is 13.5. The topological polar surface area (TPSA) is 90.9 Å². The van der Waals surface area contributed by atoms with Crippen molar-refractivity contribution in [2.45, 2.75) is 12.8 Å². The zero-order chi connectivity index (χ0) is 16.6. The van der Waals surface area contributed by atoms with Gasteiger partial charge in [-0.3, -0.25) is 4.99 Å². The number of anilines is 3. The summed E-state index contributed by atoms with van der Waals surface area (Å²) in [6, 6.07) is 7.73. The SMILES string of the molecule is C1=C(C2CC2)CN=C1Nc1ccnc(Nc2ccc3nc[nH]c3c2)n1. The molecule has 0 spiro atoms. The molecule has 3 N–H and O–H groups in total. The Balaban J connectivity index is 1.32. The molecule has 124 valence electrons. The van der Waals surface area contributed by atoms with Gasteiger partial charge in [-0.25, -0.2) is 9.97 Å². The van der Waals surface area contributed by atoms with Gasteiger partial charge in [-0.2, -0.15) is 4.98 Å². The monoisotopic (exact) mass is 331 g/mol. The minimum Gasteiger partial charge on any atom is -0.345 e. The van der Waals surface area contributed by atoms with Crippen LogP contribution in [-0.2, 0) is 0 Å². The summed E-state index contributed by atoms with van der Waals surface area (Å²) in [5, 5.41) is 6.49. The number of aromatic amines is 1. The highest BCUT2D eigenvalue weighted by Gasteiger charge is 2.27. The zero-order valence-electron chi connectivity index (χ0n) is 13.5. The van der Waals surface area contributed by atoms with E-state index in [2.05, 4.69) is 41.6 Å². The van der Waals surface area contributed by atoms with Crippen molar-refractivity contribution < 1.29 is 0 Å². The van der Waals surface area contributed by atoms with E-state index in [1.54, 1.807) is 12.5 Å². The van der Waals surface area contributed by atoms with Crippen LogP contribution in [0.4, 0.5) is 17.5 Å². The molecule has 25 heavy (non-hydrogen) atoms. The number of benzene rings is 1. The number of aromatic nitrogens is 4. The summed E-state index contributed by atoms with van der Waals surface area (Å²) in [5.41, 5.74) is 4.24. The van der Waals surface area contributed by atoms with Crippen molar-refractivity contribution in [3.05, 3.63) is 48.4 Å². The van der Waals surface area contributed by atoms with Crippen LogP contribution in [0.5, 0.6) is 0 Å². The van der Waals surface area contributed by atoms with Crippen LogP contribution in [0.3, 0.4) is 0 Å². The van der Waals surface area contributed by atoms with E-state index >= 15 is 0 Å². The molecule has 7 heteroatoms. The predicted molar refractivity (Wildman–Crippen MR) is 98.1 cm³/mol. The third kappa shape index (κ3) is 2.96. The number of rotatable bonds is 4. The smallest absolute Gasteiger partial charge is 0.229 e. The van der Waals surface area contributed by atoms with Crippen molar-refractivity contribution in [2.75, 3.05) is 17.2 Å². The van der Waals surface area contributed by atoms with Crippen molar-refractivity contribution in [3.63, 3.8) is 0 Å². The van der Waals surface area contributed by atoms with Crippen LogP contribution < -0.4 is 10.6 Å².